The highest BCUT2D eigenvalue weighted by Crippen LogP contribution is 2.23. The Labute approximate surface area is 92.0 Å². The number of rotatable bonds is 3. The standard InChI is InChI=1S/C6H10N7O2P/c7-4-9-5(8)11-6(10-4)13-1-12(2-13)3-16(14)15/h1-3H2,(H4-,7,8,9,10,11,14,15)/p+1. The molecule has 0 amide bonds. The summed E-state index contributed by atoms with van der Waals surface area (Å²) >= 11 is 0. The van der Waals surface area contributed by atoms with E-state index in [2.05, 4.69) is 15.0 Å². The average molecular weight is 244 g/mol. The van der Waals surface area contributed by atoms with Crippen LogP contribution in [0.1, 0.15) is 0 Å². The third kappa shape index (κ3) is 2.32. The zero-order valence-corrected chi connectivity index (χ0v) is 9.21. The van der Waals surface area contributed by atoms with Crippen LogP contribution < -0.4 is 16.4 Å². The fourth-order valence-corrected chi connectivity index (χ4v) is 1.89. The fourth-order valence-electron chi connectivity index (χ4n) is 1.37. The third-order valence-electron chi connectivity index (χ3n) is 2.00. The van der Waals surface area contributed by atoms with Gasteiger partial charge in [0.1, 0.15) is 0 Å². The highest BCUT2D eigenvalue weighted by molar-refractivity contribution is 7.37. The maximum Gasteiger partial charge on any atom is 0.521 e. The fraction of sp³-hybridized carbons (Fsp3) is 0.500. The van der Waals surface area contributed by atoms with Crippen LogP contribution in [0, 0.1) is 0 Å². The molecule has 1 fully saturated rings. The Morgan fingerprint density at radius 2 is 1.81 bits per heavy atom. The van der Waals surface area contributed by atoms with Gasteiger partial charge >= 0.3 is 8.03 Å². The van der Waals surface area contributed by atoms with Gasteiger partial charge in [0.05, 0.1) is 13.3 Å². The molecule has 9 nitrogen and oxygen atoms in total. The molecule has 1 aliphatic rings. The van der Waals surface area contributed by atoms with Gasteiger partial charge in [-0.1, -0.05) is 0 Å². The molecule has 1 aromatic heterocycles. The molecular formula is C6H11N7O2P+. The van der Waals surface area contributed by atoms with Gasteiger partial charge in [0.15, 0.2) is 0 Å². The van der Waals surface area contributed by atoms with Crippen LogP contribution in [0.15, 0.2) is 0 Å². The van der Waals surface area contributed by atoms with E-state index in [1.807, 2.05) is 0 Å². The van der Waals surface area contributed by atoms with E-state index in [0.717, 1.165) is 0 Å². The number of nitrogen functional groups attached to an aromatic ring is 2. The van der Waals surface area contributed by atoms with Gasteiger partial charge < -0.3 is 16.4 Å². The van der Waals surface area contributed by atoms with E-state index in [4.69, 9.17) is 16.4 Å². The summed E-state index contributed by atoms with van der Waals surface area (Å²) in [5, 5.41) is 0. The Balaban J connectivity index is 1.98. The Kier molecular flexibility index (Phi) is 2.82. The molecule has 2 rings (SSSR count). The van der Waals surface area contributed by atoms with E-state index in [0.29, 0.717) is 19.3 Å². The number of aromatic nitrogens is 3. The predicted molar refractivity (Wildman–Crippen MR) is 57.4 cm³/mol. The van der Waals surface area contributed by atoms with E-state index in [1.165, 1.54) is 0 Å². The molecule has 1 aromatic rings. The monoisotopic (exact) mass is 244 g/mol. The molecule has 0 saturated carbocycles. The minimum absolute atomic E-state index is 0.0641. The summed E-state index contributed by atoms with van der Waals surface area (Å²) in [5.41, 5.74) is 10.8. The molecule has 1 atom stereocenters. The van der Waals surface area contributed by atoms with Crippen LogP contribution in [0.4, 0.5) is 17.8 Å². The zero-order chi connectivity index (χ0) is 11.7. The second-order valence-corrected chi connectivity index (χ2v) is 4.33. The summed E-state index contributed by atoms with van der Waals surface area (Å²) in [7, 11) is -2.15. The highest BCUT2D eigenvalue weighted by atomic mass is 31.1. The topological polar surface area (TPSA) is 134 Å². The van der Waals surface area contributed by atoms with Gasteiger partial charge in [0.2, 0.25) is 24.1 Å². The normalized spacial score (nSPS) is 17.1. The molecule has 1 aliphatic heterocycles. The summed E-state index contributed by atoms with van der Waals surface area (Å²) in [4.78, 5) is 23.7. The summed E-state index contributed by atoms with van der Waals surface area (Å²) in [6, 6.07) is 0. The van der Waals surface area contributed by atoms with Crippen molar-refractivity contribution in [3.05, 3.63) is 0 Å². The summed E-state index contributed by atoms with van der Waals surface area (Å²) in [6.45, 7) is 0.953. The summed E-state index contributed by atoms with van der Waals surface area (Å²) in [6.07, 6.45) is 0.141. The Morgan fingerprint density at radius 3 is 2.31 bits per heavy atom. The first kappa shape index (κ1) is 10.9. The molecule has 1 unspecified atom stereocenters. The number of nitrogens with zero attached hydrogens (tertiary/aromatic N) is 5. The van der Waals surface area contributed by atoms with Crippen molar-refractivity contribution in [3.8, 4) is 0 Å². The van der Waals surface area contributed by atoms with Crippen molar-refractivity contribution in [1.29, 1.82) is 0 Å². The molecule has 0 aliphatic carbocycles. The van der Waals surface area contributed by atoms with E-state index < -0.39 is 8.03 Å². The van der Waals surface area contributed by atoms with Crippen molar-refractivity contribution >= 4 is 25.9 Å². The summed E-state index contributed by atoms with van der Waals surface area (Å²) in [5.74, 6) is 0.512. The average Bonchev–Trinajstić information content (AvgIpc) is 2.08. The predicted octanol–water partition coefficient (Wildman–Crippen LogP) is -1.23. The third-order valence-corrected chi connectivity index (χ3v) is 2.65. The van der Waals surface area contributed by atoms with Gasteiger partial charge in [-0.2, -0.15) is 19.8 Å². The van der Waals surface area contributed by atoms with Crippen molar-refractivity contribution in [1.82, 2.24) is 19.9 Å². The van der Waals surface area contributed by atoms with E-state index >= 15 is 0 Å². The molecular weight excluding hydrogens is 233 g/mol. The smallest absolute Gasteiger partial charge is 0.368 e. The number of nitrogens with two attached hydrogens (primary N) is 2. The highest BCUT2D eigenvalue weighted by Gasteiger charge is 2.31. The molecule has 0 aromatic carbocycles. The van der Waals surface area contributed by atoms with Crippen LogP contribution in [-0.4, -0.2) is 44.4 Å². The molecule has 0 bridgehead atoms. The summed E-state index contributed by atoms with van der Waals surface area (Å²) < 4.78 is 10.6. The number of hydrogen-bond acceptors (Lipinski definition) is 8. The van der Waals surface area contributed by atoms with Crippen molar-refractivity contribution in [2.24, 2.45) is 0 Å². The Morgan fingerprint density at radius 1 is 1.25 bits per heavy atom. The van der Waals surface area contributed by atoms with Crippen molar-refractivity contribution in [2.75, 3.05) is 36.0 Å². The number of anilines is 3. The van der Waals surface area contributed by atoms with Crippen molar-refractivity contribution < 1.29 is 9.46 Å². The van der Waals surface area contributed by atoms with Crippen LogP contribution in [0.5, 0.6) is 0 Å². The first-order valence-electron chi connectivity index (χ1n) is 4.42. The first-order chi connectivity index (χ1) is 7.54. The van der Waals surface area contributed by atoms with Gasteiger partial charge in [-0.05, 0) is 4.57 Å². The van der Waals surface area contributed by atoms with E-state index in [9.17, 15) is 4.57 Å². The van der Waals surface area contributed by atoms with Crippen LogP contribution >= 0.6 is 8.03 Å². The Hall–Kier alpha value is -1.57. The Bertz CT molecular complexity index is 401. The zero-order valence-electron chi connectivity index (χ0n) is 8.31. The molecule has 5 N–H and O–H groups in total. The SMILES string of the molecule is Nc1nc(N)nc(N2CN(C[P+](=O)O)C2)n1. The molecule has 86 valence electrons. The largest absolute Gasteiger partial charge is 0.521 e. The van der Waals surface area contributed by atoms with Gasteiger partial charge in [0, 0.05) is 0 Å². The lowest BCUT2D eigenvalue weighted by molar-refractivity contribution is 0.209. The molecule has 0 radical (unpaired) electrons. The van der Waals surface area contributed by atoms with Gasteiger partial charge in [-0.15, -0.1) is 0 Å². The molecule has 0 spiro atoms. The second kappa shape index (κ2) is 4.12. The first-order valence-corrected chi connectivity index (χ1v) is 5.82. The quantitative estimate of drug-likeness (QED) is 0.558. The maximum atomic E-state index is 10.6. The van der Waals surface area contributed by atoms with Crippen LogP contribution in [0.3, 0.4) is 0 Å². The molecule has 1 saturated heterocycles. The second-order valence-electron chi connectivity index (χ2n) is 3.34. The maximum absolute atomic E-state index is 10.6. The lowest BCUT2D eigenvalue weighted by Crippen LogP contribution is -2.55. The van der Waals surface area contributed by atoms with Crippen LogP contribution in [0.2, 0.25) is 0 Å². The van der Waals surface area contributed by atoms with Gasteiger partial charge in [-0.3, -0.25) is 0 Å². The molecule has 2 heterocycles. The van der Waals surface area contributed by atoms with Gasteiger partial charge in [0.25, 0.3) is 0 Å². The minimum atomic E-state index is -2.15. The lowest BCUT2D eigenvalue weighted by atomic mass is 10.5. The van der Waals surface area contributed by atoms with Gasteiger partial charge in [-0.25, -0.2) is 4.90 Å². The van der Waals surface area contributed by atoms with E-state index in [-0.39, 0.29) is 18.2 Å². The molecule has 10 heteroatoms. The van der Waals surface area contributed by atoms with Crippen molar-refractivity contribution in [2.45, 2.75) is 0 Å². The lowest BCUT2D eigenvalue weighted by Gasteiger charge is -2.39. The van der Waals surface area contributed by atoms with Crippen LogP contribution in [0.25, 0.3) is 0 Å². The minimum Gasteiger partial charge on any atom is -0.368 e. The van der Waals surface area contributed by atoms with E-state index in [1.54, 1.807) is 9.80 Å². The van der Waals surface area contributed by atoms with Crippen molar-refractivity contribution in [3.63, 3.8) is 0 Å². The molecule has 16 heavy (non-hydrogen) atoms. The number of hydrogen-bond donors (Lipinski definition) is 3. The van der Waals surface area contributed by atoms with Crippen LogP contribution in [-0.2, 0) is 4.57 Å².